The molecule has 0 aromatic heterocycles. The second kappa shape index (κ2) is 15.7. The topological polar surface area (TPSA) is 46.2 Å². The number of hydrogen-bond donors (Lipinski definition) is 2. The fourth-order valence-corrected chi connectivity index (χ4v) is 0.394. The van der Waals surface area contributed by atoms with Gasteiger partial charge in [0.2, 0.25) is 0 Å². The predicted molar refractivity (Wildman–Crippen MR) is 41.3 cm³/mol. The van der Waals surface area contributed by atoms with Gasteiger partial charge in [0.15, 0.2) is 0 Å². The van der Waals surface area contributed by atoms with Gasteiger partial charge in [0.1, 0.15) is 0 Å². The third-order valence-corrected chi connectivity index (χ3v) is 0.808. The van der Waals surface area contributed by atoms with Crippen molar-refractivity contribution >= 4 is 0 Å². The summed E-state index contributed by atoms with van der Waals surface area (Å²) in [5.41, 5.74) is 5.21. The number of aliphatic hydroxyl groups is 1. The Hall–Kier alpha value is -0.0800. The third-order valence-electron chi connectivity index (χ3n) is 0.808. The lowest BCUT2D eigenvalue weighted by Gasteiger charge is -1.86. The molecule has 0 unspecified atom stereocenters. The molecule has 2 heteroatoms. The third kappa shape index (κ3) is 32.6. The Kier molecular flexibility index (Phi) is 20.3. The van der Waals surface area contributed by atoms with Crippen LogP contribution in [0.5, 0.6) is 0 Å². The van der Waals surface area contributed by atoms with Crippen molar-refractivity contribution in [1.29, 1.82) is 0 Å². The van der Waals surface area contributed by atoms with Crippen LogP contribution in [-0.4, -0.2) is 18.3 Å². The molecule has 0 radical (unpaired) electrons. The summed E-state index contributed by atoms with van der Waals surface area (Å²) >= 11 is 0. The molecular weight excluding hydrogens is 114 g/mol. The minimum Gasteiger partial charge on any atom is -0.397 e. The molecule has 0 aliphatic rings. The van der Waals surface area contributed by atoms with Gasteiger partial charge in [-0.05, 0) is 19.9 Å². The lowest BCUT2D eigenvalue weighted by molar-refractivity contribution is 0.318. The highest BCUT2D eigenvalue weighted by atomic mass is 16.2. The fourth-order valence-electron chi connectivity index (χ4n) is 0.394. The first-order valence-corrected chi connectivity index (χ1v) is 3.64. The Labute approximate surface area is 58.1 Å². The molecule has 58 valence electrons. The molecule has 0 aromatic rings. The lowest BCUT2D eigenvalue weighted by atomic mass is 10.3. The molecule has 0 amide bonds. The summed E-state index contributed by atoms with van der Waals surface area (Å²) in [7, 11) is 0. The summed E-state index contributed by atoms with van der Waals surface area (Å²) in [4.78, 5) is 0. The average molecular weight is 133 g/mol. The van der Waals surface area contributed by atoms with Gasteiger partial charge in [0.25, 0.3) is 0 Å². The Morgan fingerprint density at radius 1 is 1.22 bits per heavy atom. The maximum Gasteiger partial charge on any atom is 0.0402 e. The molecule has 0 saturated carbocycles. The molecule has 0 saturated heterocycles. The minimum atomic E-state index is 0.250. The average Bonchev–Trinajstić information content (AvgIpc) is 1.86. The van der Waals surface area contributed by atoms with Crippen LogP contribution in [0.2, 0.25) is 0 Å². The molecule has 0 aliphatic carbocycles. The molecular formula is C7H19NO. The number of hydrogen-bond acceptors (Lipinski definition) is 2. The highest BCUT2D eigenvalue weighted by Gasteiger charge is 1.75. The van der Waals surface area contributed by atoms with Gasteiger partial charge in [0.05, 0.1) is 0 Å². The van der Waals surface area contributed by atoms with Gasteiger partial charge in [-0.25, -0.2) is 0 Å². The highest BCUT2D eigenvalue weighted by Crippen LogP contribution is 1.88. The van der Waals surface area contributed by atoms with Crippen molar-refractivity contribution in [2.75, 3.05) is 13.2 Å². The van der Waals surface area contributed by atoms with E-state index in [-0.39, 0.29) is 6.61 Å². The summed E-state index contributed by atoms with van der Waals surface area (Å²) in [6.45, 7) is 4.96. The van der Waals surface area contributed by atoms with E-state index in [0.717, 1.165) is 6.54 Å². The molecule has 0 aromatic carbocycles. The normalized spacial score (nSPS) is 8.00. The summed E-state index contributed by atoms with van der Waals surface area (Å²) < 4.78 is 0. The molecule has 9 heavy (non-hydrogen) atoms. The Morgan fingerprint density at radius 3 is 1.78 bits per heavy atom. The van der Waals surface area contributed by atoms with Crippen molar-refractivity contribution in [2.24, 2.45) is 5.73 Å². The molecule has 2 nitrogen and oxygen atoms in total. The summed E-state index contributed by atoms with van der Waals surface area (Å²) in [5, 5.41) is 7.57. The van der Waals surface area contributed by atoms with Gasteiger partial charge >= 0.3 is 0 Å². The van der Waals surface area contributed by atoms with Crippen molar-refractivity contribution in [1.82, 2.24) is 0 Å². The van der Waals surface area contributed by atoms with Crippen molar-refractivity contribution in [3.8, 4) is 0 Å². The van der Waals surface area contributed by atoms with E-state index in [1.807, 2.05) is 0 Å². The Balaban J connectivity index is 0. The molecule has 0 spiro atoms. The quantitative estimate of drug-likeness (QED) is 0.567. The van der Waals surface area contributed by atoms with E-state index < -0.39 is 0 Å². The summed E-state index contributed by atoms with van der Waals surface area (Å²) in [6, 6.07) is 0. The number of unbranched alkanes of at least 4 members (excludes halogenated alkanes) is 2. The molecule has 0 heterocycles. The zero-order valence-corrected chi connectivity index (χ0v) is 6.56. The number of aliphatic hydroxyl groups excluding tert-OH is 1. The first-order chi connectivity index (χ1) is 4.33. The SMILES string of the molecule is CCCCCN.CCO. The highest BCUT2D eigenvalue weighted by molar-refractivity contribution is 4.34. The van der Waals surface area contributed by atoms with Gasteiger partial charge in [0, 0.05) is 6.61 Å². The van der Waals surface area contributed by atoms with Crippen LogP contribution < -0.4 is 5.73 Å². The monoisotopic (exact) mass is 133 g/mol. The van der Waals surface area contributed by atoms with Crippen molar-refractivity contribution in [2.45, 2.75) is 33.1 Å². The zero-order chi connectivity index (χ0) is 7.54. The van der Waals surface area contributed by atoms with Crippen LogP contribution in [0.25, 0.3) is 0 Å². The van der Waals surface area contributed by atoms with Crippen LogP contribution in [0.15, 0.2) is 0 Å². The molecule has 0 aliphatic heterocycles. The van der Waals surface area contributed by atoms with Gasteiger partial charge in [-0.3, -0.25) is 0 Å². The molecule has 0 atom stereocenters. The Morgan fingerprint density at radius 2 is 1.67 bits per heavy atom. The van der Waals surface area contributed by atoms with Crippen LogP contribution in [0, 0.1) is 0 Å². The predicted octanol–water partition coefficient (Wildman–Crippen LogP) is 1.13. The van der Waals surface area contributed by atoms with Crippen molar-refractivity contribution in [3.63, 3.8) is 0 Å². The maximum absolute atomic E-state index is 7.57. The summed E-state index contributed by atoms with van der Waals surface area (Å²) in [6.07, 6.45) is 3.75. The van der Waals surface area contributed by atoms with E-state index in [4.69, 9.17) is 10.8 Å². The van der Waals surface area contributed by atoms with Gasteiger partial charge in [-0.1, -0.05) is 19.8 Å². The standard InChI is InChI=1S/C5H13N.C2H6O/c1-2-3-4-5-6;1-2-3/h2-6H2,1H3;3H,2H2,1H3. The fraction of sp³-hybridized carbons (Fsp3) is 1.00. The van der Waals surface area contributed by atoms with E-state index in [9.17, 15) is 0 Å². The summed E-state index contributed by atoms with van der Waals surface area (Å²) in [5.74, 6) is 0. The van der Waals surface area contributed by atoms with Crippen LogP contribution in [0.4, 0.5) is 0 Å². The smallest absolute Gasteiger partial charge is 0.0402 e. The zero-order valence-electron chi connectivity index (χ0n) is 6.56. The minimum absolute atomic E-state index is 0.250. The largest absolute Gasteiger partial charge is 0.397 e. The molecule has 0 fully saturated rings. The van der Waals surface area contributed by atoms with E-state index in [0.29, 0.717) is 0 Å². The number of nitrogens with two attached hydrogens (primary N) is 1. The first kappa shape index (κ1) is 11.7. The molecule has 0 bridgehead atoms. The molecule has 0 rings (SSSR count). The second-order valence-electron chi connectivity index (χ2n) is 1.81. The van der Waals surface area contributed by atoms with Gasteiger partial charge < -0.3 is 10.8 Å². The van der Waals surface area contributed by atoms with E-state index in [2.05, 4.69) is 6.92 Å². The van der Waals surface area contributed by atoms with E-state index >= 15 is 0 Å². The maximum atomic E-state index is 7.57. The van der Waals surface area contributed by atoms with Crippen LogP contribution in [0.1, 0.15) is 33.1 Å². The van der Waals surface area contributed by atoms with E-state index in [1.165, 1.54) is 19.3 Å². The van der Waals surface area contributed by atoms with Crippen molar-refractivity contribution in [3.05, 3.63) is 0 Å². The first-order valence-electron chi connectivity index (χ1n) is 3.64. The lowest BCUT2D eigenvalue weighted by Crippen LogP contribution is -1.96. The van der Waals surface area contributed by atoms with E-state index in [1.54, 1.807) is 6.92 Å². The number of rotatable bonds is 3. The second-order valence-corrected chi connectivity index (χ2v) is 1.81. The van der Waals surface area contributed by atoms with Crippen LogP contribution in [0.3, 0.4) is 0 Å². The Bertz CT molecular complexity index is 28.1. The van der Waals surface area contributed by atoms with Crippen molar-refractivity contribution < 1.29 is 5.11 Å². The van der Waals surface area contributed by atoms with Crippen LogP contribution in [-0.2, 0) is 0 Å². The van der Waals surface area contributed by atoms with Gasteiger partial charge in [-0.2, -0.15) is 0 Å². The van der Waals surface area contributed by atoms with Crippen LogP contribution >= 0.6 is 0 Å². The molecule has 3 N–H and O–H groups in total. The van der Waals surface area contributed by atoms with Gasteiger partial charge in [-0.15, -0.1) is 0 Å².